The van der Waals surface area contributed by atoms with Crippen LogP contribution >= 0.6 is 11.3 Å². The minimum atomic E-state index is -0.0682. The fourth-order valence-corrected chi connectivity index (χ4v) is 13.3. The summed E-state index contributed by atoms with van der Waals surface area (Å²) in [7, 11) is 0. The number of anilines is 6. The van der Waals surface area contributed by atoms with Gasteiger partial charge in [-0.3, -0.25) is 0 Å². The molecule has 0 amide bonds. The Morgan fingerprint density at radius 2 is 0.973 bits per heavy atom. The fraction of sp³-hybridized carbons (Fsp3) is 0.188. The predicted octanol–water partition coefficient (Wildman–Crippen LogP) is 18.1. The molecule has 2 aliphatic rings. The normalized spacial score (nSPS) is 13.5. The second kappa shape index (κ2) is 16.6. The van der Waals surface area contributed by atoms with Crippen LogP contribution in [0.3, 0.4) is 0 Å². The third kappa shape index (κ3) is 7.19. The highest BCUT2D eigenvalue weighted by Gasteiger charge is 2.46. The van der Waals surface area contributed by atoms with Crippen LogP contribution in [0.5, 0.6) is 0 Å². The monoisotopic (exact) mass is 960 g/mol. The zero-order chi connectivity index (χ0) is 50.1. The molecule has 73 heavy (non-hydrogen) atoms. The molecule has 0 aliphatic carbocycles. The summed E-state index contributed by atoms with van der Waals surface area (Å²) in [4.78, 5) is 5.23. The van der Waals surface area contributed by atoms with Crippen LogP contribution in [-0.2, 0) is 16.2 Å². The van der Waals surface area contributed by atoms with E-state index in [1.807, 2.05) is 11.3 Å². The lowest BCUT2D eigenvalue weighted by Crippen LogP contribution is -2.60. The van der Waals surface area contributed by atoms with E-state index in [0.717, 1.165) is 6.42 Å². The van der Waals surface area contributed by atoms with Gasteiger partial charge >= 0.3 is 0 Å². The summed E-state index contributed by atoms with van der Waals surface area (Å²) in [6.07, 6.45) is 1.07. The van der Waals surface area contributed by atoms with Crippen LogP contribution in [0.1, 0.15) is 85.4 Å². The molecule has 0 unspecified atom stereocenters. The maximum atomic E-state index is 2.62. The van der Waals surface area contributed by atoms with E-state index in [9.17, 15) is 0 Å². The van der Waals surface area contributed by atoms with E-state index in [4.69, 9.17) is 0 Å². The minimum Gasteiger partial charge on any atom is -0.311 e. The number of thiophene rings is 1. The van der Waals surface area contributed by atoms with E-state index < -0.39 is 0 Å². The highest BCUT2D eigenvalue weighted by molar-refractivity contribution is 7.33. The molecule has 13 rings (SSSR count). The molecule has 2 nitrogen and oxygen atoms in total. The summed E-state index contributed by atoms with van der Waals surface area (Å²) in [5.41, 5.74) is 18.9. The van der Waals surface area contributed by atoms with Crippen molar-refractivity contribution in [1.29, 1.82) is 0 Å². The largest absolute Gasteiger partial charge is 0.311 e. The zero-order valence-electron chi connectivity index (χ0n) is 43.6. The number of benzene rings is 10. The molecule has 0 saturated carbocycles. The van der Waals surface area contributed by atoms with Crippen LogP contribution in [0.2, 0.25) is 0 Å². The van der Waals surface area contributed by atoms with Crippen molar-refractivity contribution >= 4 is 110 Å². The van der Waals surface area contributed by atoms with Crippen LogP contribution in [0.4, 0.5) is 34.1 Å². The van der Waals surface area contributed by atoms with Gasteiger partial charge < -0.3 is 9.80 Å². The third-order valence-electron chi connectivity index (χ3n) is 16.5. The van der Waals surface area contributed by atoms with Gasteiger partial charge in [0.25, 0.3) is 6.71 Å². The van der Waals surface area contributed by atoms with Crippen molar-refractivity contribution in [3.8, 4) is 22.3 Å². The minimum absolute atomic E-state index is 0.00115. The van der Waals surface area contributed by atoms with Crippen LogP contribution in [-0.4, -0.2) is 6.71 Å². The van der Waals surface area contributed by atoms with E-state index in [0.29, 0.717) is 0 Å². The Labute approximate surface area is 435 Å². The number of hydrogen-bond acceptors (Lipinski definition) is 3. The van der Waals surface area contributed by atoms with E-state index in [1.54, 1.807) is 0 Å². The molecule has 0 saturated heterocycles. The first-order valence-corrected chi connectivity index (χ1v) is 27.1. The number of nitrogens with zero attached hydrogens (tertiary/aromatic N) is 2. The SMILES string of the molecule is CCC(C)(C)c1ccc(N2c3cccc4c3B(c3cc(-c5ccccc5)ccc3N4c3ccc(C(C)(C)C)cc3-c3ccc4c5ccccc5c5ccccc5c4c3)c3sc4ccc(C(C)(C)C)cc4c32)cc1. The number of rotatable bonds is 6. The molecule has 3 heterocycles. The summed E-state index contributed by atoms with van der Waals surface area (Å²) in [5.74, 6) is 0. The van der Waals surface area contributed by atoms with Crippen molar-refractivity contribution in [2.24, 2.45) is 0 Å². The van der Waals surface area contributed by atoms with Crippen LogP contribution in [0.25, 0.3) is 64.7 Å². The lowest BCUT2D eigenvalue weighted by molar-refractivity contribution is 0.506. The highest BCUT2D eigenvalue weighted by atomic mass is 32.1. The summed E-state index contributed by atoms with van der Waals surface area (Å²) < 4.78 is 2.71. The molecule has 4 heteroatoms. The first-order valence-electron chi connectivity index (χ1n) is 26.3. The van der Waals surface area contributed by atoms with Gasteiger partial charge in [-0.15, -0.1) is 11.3 Å². The van der Waals surface area contributed by atoms with E-state index in [2.05, 4.69) is 266 Å². The van der Waals surface area contributed by atoms with Gasteiger partial charge in [0.05, 0.1) is 11.4 Å². The van der Waals surface area contributed by atoms with Crippen LogP contribution in [0.15, 0.2) is 194 Å². The van der Waals surface area contributed by atoms with Gasteiger partial charge in [-0.2, -0.15) is 0 Å². The molecule has 1 aromatic heterocycles. The highest BCUT2D eigenvalue weighted by Crippen LogP contribution is 2.51. The number of hydrogen-bond donors (Lipinski definition) is 0. The van der Waals surface area contributed by atoms with Crippen molar-refractivity contribution in [2.45, 2.75) is 85.0 Å². The fourth-order valence-electron chi connectivity index (χ4n) is 12.0. The average Bonchev–Trinajstić information content (AvgIpc) is 3.79. The molecule has 0 radical (unpaired) electrons. The second-order valence-corrected chi connectivity index (χ2v) is 24.4. The quantitative estimate of drug-likeness (QED) is 0.121. The molecule has 0 atom stereocenters. The van der Waals surface area contributed by atoms with Gasteiger partial charge in [0.1, 0.15) is 0 Å². The first kappa shape index (κ1) is 45.5. The van der Waals surface area contributed by atoms with Crippen molar-refractivity contribution in [3.05, 3.63) is 211 Å². The Kier molecular flexibility index (Phi) is 10.3. The molecule has 10 aromatic carbocycles. The van der Waals surface area contributed by atoms with Gasteiger partial charge in [0.2, 0.25) is 0 Å². The smallest absolute Gasteiger partial charge is 0.264 e. The van der Waals surface area contributed by atoms with Gasteiger partial charge in [0.15, 0.2) is 0 Å². The topological polar surface area (TPSA) is 6.48 Å². The molecule has 0 N–H and O–H groups in total. The van der Waals surface area contributed by atoms with Crippen LogP contribution in [0, 0.1) is 0 Å². The van der Waals surface area contributed by atoms with E-state index in [1.165, 1.54) is 131 Å². The first-order chi connectivity index (χ1) is 35.2. The molecular formula is C69H61BN2S. The molecule has 0 fully saturated rings. The van der Waals surface area contributed by atoms with Gasteiger partial charge in [-0.25, -0.2) is 0 Å². The van der Waals surface area contributed by atoms with Crippen molar-refractivity contribution in [2.75, 3.05) is 9.80 Å². The Morgan fingerprint density at radius 1 is 0.411 bits per heavy atom. The van der Waals surface area contributed by atoms with Gasteiger partial charge in [-0.1, -0.05) is 196 Å². The summed E-state index contributed by atoms with van der Waals surface area (Å²) >= 11 is 1.98. The molecule has 356 valence electrons. The van der Waals surface area contributed by atoms with Crippen molar-refractivity contribution in [3.63, 3.8) is 0 Å². The summed E-state index contributed by atoms with van der Waals surface area (Å²) in [6, 6.07) is 74.5. The molecule has 0 bridgehead atoms. The lowest BCUT2D eigenvalue weighted by Gasteiger charge is -2.43. The van der Waals surface area contributed by atoms with Crippen molar-refractivity contribution < 1.29 is 0 Å². The van der Waals surface area contributed by atoms with Gasteiger partial charge in [0, 0.05) is 43.2 Å². The Morgan fingerprint density at radius 3 is 1.63 bits per heavy atom. The second-order valence-electron chi connectivity index (χ2n) is 23.3. The predicted molar refractivity (Wildman–Crippen MR) is 320 cm³/mol. The summed E-state index contributed by atoms with van der Waals surface area (Å²) in [5, 5.41) is 9.03. The Bertz CT molecular complexity index is 3980. The maximum absolute atomic E-state index is 2.62. The van der Waals surface area contributed by atoms with Gasteiger partial charge in [-0.05, 0) is 160 Å². The standard InChI is InChI=1S/C69H61BN2S/c1-10-69(8,9)46-29-33-49(34-30-46)71-61-25-18-26-62-64(61)70(66-65(71)57-42-48(68(5,6)7)32-38-63(57)73-66)58-40-44(43-19-12-11-13-20-43)28-36-60(58)72(62)59-37-31-47(67(2,3)4)41-55(59)45-27-35-54-52-23-15-14-21-50(52)51-22-16-17-24-53(51)56(54)39-45/h11-42H,10H2,1-9H3. The van der Waals surface area contributed by atoms with Crippen LogP contribution < -0.4 is 25.5 Å². The Hall–Kier alpha value is -7.40. The van der Waals surface area contributed by atoms with Crippen molar-refractivity contribution in [1.82, 2.24) is 0 Å². The maximum Gasteiger partial charge on any atom is 0.264 e. The lowest BCUT2D eigenvalue weighted by atomic mass is 9.36. The summed E-state index contributed by atoms with van der Waals surface area (Å²) in [6.45, 7) is 21.0. The number of fused-ring (bicyclic) bond motifs is 12. The molecular weight excluding hydrogens is 900 g/mol. The average molecular weight is 961 g/mol. The molecule has 0 spiro atoms. The molecule has 11 aromatic rings. The molecule has 2 aliphatic heterocycles. The van der Waals surface area contributed by atoms with E-state index >= 15 is 0 Å². The zero-order valence-corrected chi connectivity index (χ0v) is 44.4. The third-order valence-corrected chi connectivity index (χ3v) is 17.7. The van der Waals surface area contributed by atoms with E-state index in [-0.39, 0.29) is 23.0 Å². The Balaban J connectivity index is 1.11.